The summed E-state index contributed by atoms with van der Waals surface area (Å²) in [6.45, 7) is 6.27. The molecule has 2 rings (SSSR count). The van der Waals surface area contributed by atoms with Crippen LogP contribution in [0.5, 0.6) is 0 Å². The Balaban J connectivity index is 2.26. The lowest BCUT2D eigenvalue weighted by Crippen LogP contribution is -2.34. The summed E-state index contributed by atoms with van der Waals surface area (Å²) in [5, 5.41) is 9.84. The van der Waals surface area contributed by atoms with E-state index in [0.717, 1.165) is 31.3 Å². The summed E-state index contributed by atoms with van der Waals surface area (Å²) in [7, 11) is 0. The van der Waals surface area contributed by atoms with Crippen molar-refractivity contribution in [3.05, 3.63) is 59.7 Å². The molecule has 3 atom stereocenters. The highest BCUT2D eigenvalue weighted by Gasteiger charge is 2.34. The Morgan fingerprint density at radius 2 is 1.88 bits per heavy atom. The first-order chi connectivity index (χ1) is 11.6. The monoisotopic (exact) mass is 328 g/mol. The summed E-state index contributed by atoms with van der Waals surface area (Å²) in [6, 6.07) is 10.5. The zero-order valence-electron chi connectivity index (χ0n) is 15.4. The first-order valence-electron chi connectivity index (χ1n) is 9.42. The molecule has 3 unspecified atom stereocenters. The molecule has 1 aromatic rings. The molecule has 0 saturated heterocycles. The zero-order valence-corrected chi connectivity index (χ0v) is 15.4. The van der Waals surface area contributed by atoms with E-state index in [4.69, 9.17) is 4.74 Å². The Labute approximate surface area is 147 Å². The van der Waals surface area contributed by atoms with Crippen molar-refractivity contribution in [1.82, 2.24) is 0 Å². The number of hydrogen-bond acceptors (Lipinski definition) is 2. The quantitative estimate of drug-likeness (QED) is 0.646. The molecule has 1 aromatic carbocycles. The molecule has 1 aliphatic carbocycles. The van der Waals surface area contributed by atoms with Gasteiger partial charge in [-0.25, -0.2) is 0 Å². The Hall–Kier alpha value is -1.38. The van der Waals surface area contributed by atoms with Gasteiger partial charge in [0.15, 0.2) is 0 Å². The summed E-state index contributed by atoms with van der Waals surface area (Å²) < 4.78 is 6.72. The van der Waals surface area contributed by atoms with Crippen LogP contribution in [0.25, 0.3) is 0 Å². The lowest BCUT2D eigenvalue weighted by molar-refractivity contribution is -0.0748. The standard InChI is InChI=1S/C22H32O2/c1-4-6-13-21(10-5-2)24-22(20-11-8-7-9-12-20)16-14-19(15-17-22)18(3)23/h7-9,11-12,14-16,18,21,23H,4-6,10,13,17H2,1-3H3. The zero-order chi connectivity index (χ0) is 17.4. The Kier molecular flexibility index (Phi) is 7.26. The number of aliphatic hydroxyl groups excluding tert-OH is 1. The van der Waals surface area contributed by atoms with E-state index < -0.39 is 11.7 Å². The number of hydrogen-bond donors (Lipinski definition) is 1. The van der Waals surface area contributed by atoms with E-state index in [1.54, 1.807) is 0 Å². The minimum atomic E-state index is -0.429. The van der Waals surface area contributed by atoms with E-state index in [1.165, 1.54) is 18.4 Å². The normalized spacial score (nSPS) is 22.9. The molecule has 1 aliphatic rings. The molecular formula is C22H32O2. The number of ether oxygens (including phenoxy) is 1. The topological polar surface area (TPSA) is 29.5 Å². The lowest BCUT2D eigenvalue weighted by atomic mass is 9.84. The maximum absolute atomic E-state index is 9.84. The van der Waals surface area contributed by atoms with Gasteiger partial charge in [0.05, 0.1) is 12.2 Å². The second-order valence-electron chi connectivity index (χ2n) is 6.84. The molecule has 0 saturated carbocycles. The van der Waals surface area contributed by atoms with Crippen LogP contribution in [0, 0.1) is 0 Å². The van der Waals surface area contributed by atoms with Crippen molar-refractivity contribution >= 4 is 0 Å². The predicted octanol–water partition coefficient (Wildman–Crippen LogP) is 5.52. The minimum absolute atomic E-state index is 0.279. The summed E-state index contributed by atoms with van der Waals surface area (Å²) in [4.78, 5) is 0. The van der Waals surface area contributed by atoms with Crippen LogP contribution in [0.2, 0.25) is 0 Å². The fourth-order valence-electron chi connectivity index (χ4n) is 3.35. The average molecular weight is 328 g/mol. The molecule has 24 heavy (non-hydrogen) atoms. The van der Waals surface area contributed by atoms with Gasteiger partial charge in [0.25, 0.3) is 0 Å². The van der Waals surface area contributed by atoms with Crippen LogP contribution in [-0.2, 0) is 10.3 Å². The van der Waals surface area contributed by atoms with Crippen molar-refractivity contribution in [1.29, 1.82) is 0 Å². The van der Waals surface area contributed by atoms with Gasteiger partial charge < -0.3 is 9.84 Å². The van der Waals surface area contributed by atoms with Crippen molar-refractivity contribution in [2.24, 2.45) is 0 Å². The minimum Gasteiger partial charge on any atom is -0.389 e. The maximum atomic E-state index is 9.84. The van der Waals surface area contributed by atoms with Crippen molar-refractivity contribution in [2.45, 2.75) is 77.1 Å². The van der Waals surface area contributed by atoms with Gasteiger partial charge in [-0.3, -0.25) is 0 Å². The van der Waals surface area contributed by atoms with E-state index in [1.807, 2.05) is 19.1 Å². The first kappa shape index (κ1) is 19.0. The average Bonchev–Trinajstić information content (AvgIpc) is 2.61. The summed E-state index contributed by atoms with van der Waals surface area (Å²) in [6.07, 6.45) is 12.7. The van der Waals surface area contributed by atoms with Crippen LogP contribution in [0.15, 0.2) is 54.1 Å². The highest BCUT2D eigenvalue weighted by atomic mass is 16.5. The van der Waals surface area contributed by atoms with Crippen molar-refractivity contribution in [2.75, 3.05) is 0 Å². The molecule has 0 aromatic heterocycles. The van der Waals surface area contributed by atoms with Gasteiger partial charge >= 0.3 is 0 Å². The van der Waals surface area contributed by atoms with Gasteiger partial charge in [-0.15, -0.1) is 0 Å². The third-order valence-corrected chi connectivity index (χ3v) is 4.80. The molecule has 2 nitrogen and oxygen atoms in total. The van der Waals surface area contributed by atoms with Crippen LogP contribution < -0.4 is 0 Å². The van der Waals surface area contributed by atoms with Crippen LogP contribution in [0.4, 0.5) is 0 Å². The van der Waals surface area contributed by atoms with E-state index in [-0.39, 0.29) is 6.10 Å². The molecule has 2 heteroatoms. The SMILES string of the molecule is CCCCC(CCC)OC1(c2ccccc2)C=CC(C(C)O)=CC1. The first-order valence-corrected chi connectivity index (χ1v) is 9.42. The van der Waals surface area contributed by atoms with Crippen LogP contribution in [-0.4, -0.2) is 17.3 Å². The molecule has 0 radical (unpaired) electrons. The van der Waals surface area contributed by atoms with E-state index in [2.05, 4.69) is 50.3 Å². The smallest absolute Gasteiger partial charge is 0.115 e. The Bertz CT molecular complexity index is 544. The van der Waals surface area contributed by atoms with Crippen LogP contribution in [0.1, 0.15) is 64.9 Å². The van der Waals surface area contributed by atoms with Gasteiger partial charge in [0.2, 0.25) is 0 Å². The molecule has 0 bridgehead atoms. The highest BCUT2D eigenvalue weighted by Crippen LogP contribution is 2.38. The second-order valence-corrected chi connectivity index (χ2v) is 6.84. The van der Waals surface area contributed by atoms with E-state index in [0.29, 0.717) is 0 Å². The predicted molar refractivity (Wildman–Crippen MR) is 101 cm³/mol. The molecule has 0 amide bonds. The van der Waals surface area contributed by atoms with Gasteiger partial charge in [-0.2, -0.15) is 0 Å². The molecular weight excluding hydrogens is 296 g/mol. The number of rotatable bonds is 9. The third-order valence-electron chi connectivity index (χ3n) is 4.80. The van der Waals surface area contributed by atoms with E-state index >= 15 is 0 Å². The van der Waals surface area contributed by atoms with Crippen LogP contribution in [0.3, 0.4) is 0 Å². The molecule has 0 spiro atoms. The summed E-state index contributed by atoms with van der Waals surface area (Å²) in [5.74, 6) is 0. The molecule has 0 fully saturated rings. The summed E-state index contributed by atoms with van der Waals surface area (Å²) >= 11 is 0. The van der Waals surface area contributed by atoms with Crippen LogP contribution >= 0.6 is 0 Å². The second kappa shape index (κ2) is 9.19. The molecule has 0 aliphatic heterocycles. The Morgan fingerprint density at radius 3 is 2.42 bits per heavy atom. The number of unbranched alkanes of at least 4 members (excludes halogenated alkanes) is 1. The molecule has 0 heterocycles. The lowest BCUT2D eigenvalue weighted by Gasteiger charge is -2.37. The van der Waals surface area contributed by atoms with Crippen molar-refractivity contribution in [3.8, 4) is 0 Å². The fourth-order valence-corrected chi connectivity index (χ4v) is 3.35. The maximum Gasteiger partial charge on any atom is 0.115 e. The highest BCUT2D eigenvalue weighted by molar-refractivity contribution is 5.37. The van der Waals surface area contributed by atoms with Gasteiger partial charge in [-0.05, 0) is 37.0 Å². The molecule has 132 valence electrons. The number of aliphatic hydroxyl groups is 1. The number of benzene rings is 1. The van der Waals surface area contributed by atoms with Crippen molar-refractivity contribution < 1.29 is 9.84 Å². The largest absolute Gasteiger partial charge is 0.389 e. The molecule has 1 N–H and O–H groups in total. The van der Waals surface area contributed by atoms with E-state index in [9.17, 15) is 5.11 Å². The van der Waals surface area contributed by atoms with Gasteiger partial charge in [0.1, 0.15) is 5.60 Å². The third kappa shape index (κ3) is 4.81. The van der Waals surface area contributed by atoms with Crippen molar-refractivity contribution in [3.63, 3.8) is 0 Å². The Morgan fingerprint density at radius 1 is 1.12 bits per heavy atom. The fraction of sp³-hybridized carbons (Fsp3) is 0.545. The summed E-state index contributed by atoms with van der Waals surface area (Å²) in [5.41, 5.74) is 1.76. The van der Waals surface area contributed by atoms with Gasteiger partial charge in [-0.1, -0.05) is 75.6 Å². The van der Waals surface area contributed by atoms with Gasteiger partial charge in [0, 0.05) is 6.42 Å².